The summed E-state index contributed by atoms with van der Waals surface area (Å²) in [4.78, 5) is 31.6. The van der Waals surface area contributed by atoms with Crippen LogP contribution in [0.2, 0.25) is 0 Å². The number of nitrogens with zero attached hydrogens (tertiary/aromatic N) is 2. The summed E-state index contributed by atoms with van der Waals surface area (Å²) in [6.07, 6.45) is 0.723. The first kappa shape index (κ1) is 21.9. The molecule has 2 amide bonds. The average Bonchev–Trinajstić information content (AvgIpc) is 3.27. The second-order valence-corrected chi connectivity index (χ2v) is 8.22. The van der Waals surface area contributed by atoms with Crippen LogP contribution >= 0.6 is 11.3 Å². The number of carbonyl (C=O) groups is 2. The van der Waals surface area contributed by atoms with E-state index >= 15 is 0 Å². The Hall–Kier alpha value is -3.30. The van der Waals surface area contributed by atoms with Gasteiger partial charge in [0.2, 0.25) is 5.91 Å². The van der Waals surface area contributed by atoms with Crippen molar-refractivity contribution in [3.05, 3.63) is 58.7 Å². The van der Waals surface area contributed by atoms with Crippen molar-refractivity contribution in [1.29, 1.82) is 0 Å². The molecule has 32 heavy (non-hydrogen) atoms. The quantitative estimate of drug-likeness (QED) is 0.585. The van der Waals surface area contributed by atoms with Gasteiger partial charge in [-0.1, -0.05) is 0 Å². The van der Waals surface area contributed by atoms with Crippen molar-refractivity contribution < 1.29 is 23.5 Å². The average molecular weight is 456 g/mol. The van der Waals surface area contributed by atoms with Gasteiger partial charge in [-0.25, -0.2) is 9.37 Å². The topological polar surface area (TPSA) is 80.8 Å². The zero-order chi connectivity index (χ0) is 22.7. The molecule has 166 valence electrons. The van der Waals surface area contributed by atoms with Gasteiger partial charge in [0, 0.05) is 30.2 Å². The molecule has 0 saturated carbocycles. The summed E-state index contributed by atoms with van der Waals surface area (Å²) < 4.78 is 23.8. The Morgan fingerprint density at radius 3 is 2.84 bits per heavy atom. The molecule has 7 nitrogen and oxygen atoms in total. The van der Waals surface area contributed by atoms with Crippen molar-refractivity contribution in [3.8, 4) is 17.0 Å². The van der Waals surface area contributed by atoms with Crippen LogP contribution in [-0.4, -0.2) is 43.2 Å². The van der Waals surface area contributed by atoms with Crippen LogP contribution < -0.4 is 15.0 Å². The maximum Gasteiger partial charge on any atom is 0.265 e. The van der Waals surface area contributed by atoms with Gasteiger partial charge in [0.1, 0.15) is 17.6 Å². The summed E-state index contributed by atoms with van der Waals surface area (Å²) in [6.45, 7) is 2.08. The number of hydrogen-bond acceptors (Lipinski definition) is 6. The molecule has 4 rings (SSSR count). The predicted octanol–water partition coefficient (Wildman–Crippen LogP) is 3.89. The van der Waals surface area contributed by atoms with Gasteiger partial charge < -0.3 is 14.8 Å². The Balaban J connectivity index is 1.59. The maximum atomic E-state index is 13.1. The number of fused-ring (bicyclic) bond motifs is 1. The summed E-state index contributed by atoms with van der Waals surface area (Å²) >= 11 is 1.54. The molecule has 0 saturated heterocycles. The van der Waals surface area contributed by atoms with E-state index < -0.39 is 17.8 Å². The van der Waals surface area contributed by atoms with Crippen molar-refractivity contribution in [2.24, 2.45) is 0 Å². The largest absolute Gasteiger partial charge is 0.482 e. The summed E-state index contributed by atoms with van der Waals surface area (Å²) in [5.74, 6) is -0.591. The van der Waals surface area contributed by atoms with Gasteiger partial charge in [0.25, 0.3) is 5.91 Å². The molecule has 0 spiro atoms. The number of halogens is 1. The molecule has 1 unspecified atom stereocenters. The van der Waals surface area contributed by atoms with Crippen LogP contribution in [0.25, 0.3) is 11.3 Å². The van der Waals surface area contributed by atoms with E-state index in [1.165, 1.54) is 29.2 Å². The molecule has 0 radical (unpaired) electrons. The van der Waals surface area contributed by atoms with Gasteiger partial charge in [-0.3, -0.25) is 14.5 Å². The smallest absolute Gasteiger partial charge is 0.265 e. The first-order chi connectivity index (χ1) is 15.5. The molecular weight excluding hydrogens is 433 g/mol. The van der Waals surface area contributed by atoms with E-state index in [0.29, 0.717) is 23.7 Å². The second-order valence-electron chi connectivity index (χ2n) is 7.28. The number of carbonyl (C=O) groups excluding carboxylic acids is 2. The third kappa shape index (κ3) is 4.63. The van der Waals surface area contributed by atoms with E-state index in [1.807, 2.05) is 17.5 Å². The van der Waals surface area contributed by atoms with Crippen LogP contribution in [0, 0.1) is 5.82 Å². The molecule has 2 heterocycles. The van der Waals surface area contributed by atoms with Crippen molar-refractivity contribution in [2.45, 2.75) is 19.4 Å². The molecule has 2 aromatic carbocycles. The van der Waals surface area contributed by atoms with Crippen LogP contribution in [0.1, 0.15) is 11.9 Å². The fourth-order valence-corrected chi connectivity index (χ4v) is 4.19. The molecule has 0 fully saturated rings. The number of methoxy groups -OCH3 is 1. The Kier molecular flexibility index (Phi) is 6.48. The lowest BCUT2D eigenvalue weighted by Crippen LogP contribution is -2.49. The number of anilines is 2. The molecule has 1 N–H and O–H groups in total. The lowest BCUT2D eigenvalue weighted by atomic mass is 10.1. The van der Waals surface area contributed by atoms with Gasteiger partial charge in [-0.15, -0.1) is 11.3 Å². The highest BCUT2D eigenvalue weighted by Crippen LogP contribution is 2.37. The number of rotatable bonds is 7. The van der Waals surface area contributed by atoms with Crippen LogP contribution in [0.15, 0.2) is 47.8 Å². The number of nitrogens with one attached hydrogen (secondary N) is 1. The van der Waals surface area contributed by atoms with Crippen molar-refractivity contribution in [2.75, 3.05) is 30.5 Å². The maximum absolute atomic E-state index is 13.1. The molecular formula is C23H22FN3O4S. The number of amides is 2. The molecule has 1 atom stereocenters. The van der Waals surface area contributed by atoms with Crippen LogP contribution in [0.5, 0.6) is 5.75 Å². The number of hydrogen-bond donors (Lipinski definition) is 1. The van der Waals surface area contributed by atoms with Crippen molar-refractivity contribution >= 4 is 34.5 Å². The van der Waals surface area contributed by atoms with E-state index in [0.717, 1.165) is 22.7 Å². The number of benzene rings is 2. The van der Waals surface area contributed by atoms with E-state index in [1.54, 1.807) is 31.4 Å². The number of aromatic nitrogens is 1. The zero-order valence-corrected chi connectivity index (χ0v) is 18.4. The predicted molar refractivity (Wildman–Crippen MR) is 121 cm³/mol. The summed E-state index contributed by atoms with van der Waals surface area (Å²) in [6, 6.07) is 10.1. The lowest BCUT2D eigenvalue weighted by molar-refractivity contribution is -0.125. The first-order valence-corrected chi connectivity index (χ1v) is 10.9. The van der Waals surface area contributed by atoms with Crippen molar-refractivity contribution in [3.63, 3.8) is 0 Å². The van der Waals surface area contributed by atoms with Gasteiger partial charge in [-0.05, 0) is 49.4 Å². The Morgan fingerprint density at radius 2 is 2.09 bits per heavy atom. The number of thiazole rings is 1. The highest BCUT2D eigenvalue weighted by atomic mass is 32.1. The fraction of sp³-hybridized carbons (Fsp3) is 0.261. The standard InChI is InChI=1S/C23H22FN3O4S/c1-14(23(29)25-17-6-4-16(24)5-7-17)27-19-11-15(3-8-20(19)31-12-22(27)28)18-13-32-21(26-18)9-10-30-2/h3-8,11,13-14H,9-10,12H2,1-2H3,(H,25,29). The SMILES string of the molecule is COCCc1nc(-c2ccc3c(c2)N(C(C)C(=O)Nc2ccc(F)cc2)C(=O)CO3)cs1. The van der Waals surface area contributed by atoms with E-state index in [2.05, 4.69) is 10.3 Å². The van der Waals surface area contributed by atoms with Crippen LogP contribution in [0.3, 0.4) is 0 Å². The van der Waals surface area contributed by atoms with E-state index in [-0.39, 0.29) is 12.5 Å². The summed E-state index contributed by atoms with van der Waals surface area (Å²) in [5, 5.41) is 5.63. The normalized spacial score (nSPS) is 14.0. The van der Waals surface area contributed by atoms with Crippen LogP contribution in [0.4, 0.5) is 15.8 Å². The minimum atomic E-state index is -0.807. The highest BCUT2D eigenvalue weighted by molar-refractivity contribution is 7.09. The summed E-state index contributed by atoms with van der Waals surface area (Å²) in [7, 11) is 1.65. The Labute approximate surface area is 188 Å². The molecule has 9 heteroatoms. The van der Waals surface area contributed by atoms with E-state index in [9.17, 15) is 14.0 Å². The monoisotopic (exact) mass is 455 g/mol. The zero-order valence-electron chi connectivity index (χ0n) is 17.6. The lowest BCUT2D eigenvalue weighted by Gasteiger charge is -2.33. The minimum absolute atomic E-state index is 0.154. The molecule has 1 aliphatic heterocycles. The minimum Gasteiger partial charge on any atom is -0.482 e. The van der Waals surface area contributed by atoms with Gasteiger partial charge in [0.15, 0.2) is 6.61 Å². The van der Waals surface area contributed by atoms with Crippen molar-refractivity contribution in [1.82, 2.24) is 4.98 Å². The second kappa shape index (κ2) is 9.46. The van der Waals surface area contributed by atoms with Crippen LogP contribution in [-0.2, 0) is 20.7 Å². The highest BCUT2D eigenvalue weighted by Gasteiger charge is 2.33. The van der Waals surface area contributed by atoms with Gasteiger partial charge in [-0.2, -0.15) is 0 Å². The van der Waals surface area contributed by atoms with E-state index in [4.69, 9.17) is 9.47 Å². The third-order valence-corrected chi connectivity index (χ3v) is 5.99. The van der Waals surface area contributed by atoms with Gasteiger partial charge >= 0.3 is 0 Å². The molecule has 0 bridgehead atoms. The molecule has 1 aromatic heterocycles. The fourth-order valence-electron chi connectivity index (χ4n) is 3.40. The molecule has 0 aliphatic carbocycles. The molecule has 3 aromatic rings. The van der Waals surface area contributed by atoms with Gasteiger partial charge in [0.05, 0.1) is 23.0 Å². The Bertz CT molecular complexity index is 1130. The first-order valence-electron chi connectivity index (χ1n) is 10.1. The Morgan fingerprint density at radius 1 is 1.31 bits per heavy atom. The third-order valence-electron chi connectivity index (χ3n) is 5.08. The number of ether oxygens (including phenoxy) is 2. The summed E-state index contributed by atoms with van der Waals surface area (Å²) in [5.41, 5.74) is 2.55. The molecule has 1 aliphatic rings.